The molecule has 1 spiro atoms. The first-order chi connectivity index (χ1) is 13.4. The average Bonchev–Trinajstić information content (AvgIpc) is 2.68. The monoisotopic (exact) mass is 393 g/mol. The molecule has 1 amide bonds. The number of aliphatic hydroxyl groups is 3. The van der Waals surface area contributed by atoms with Crippen molar-refractivity contribution in [3.8, 4) is 0 Å². The number of β-lactam (4-membered cyclic amide) rings is 1. The normalized spacial score (nSPS) is 29.3. The molecule has 9 heteroatoms. The molecule has 0 saturated carbocycles. The average molecular weight is 393 g/mol. The van der Waals surface area contributed by atoms with Crippen LogP contribution in [0.15, 0.2) is 42.0 Å². The third-order valence-corrected chi connectivity index (χ3v) is 4.94. The van der Waals surface area contributed by atoms with Gasteiger partial charge in [-0.15, -0.1) is 0 Å². The van der Waals surface area contributed by atoms with Crippen LogP contribution in [0, 0.1) is 0 Å². The lowest BCUT2D eigenvalue weighted by Crippen LogP contribution is -2.77. The Labute approximate surface area is 161 Å². The number of amides is 1. The van der Waals surface area contributed by atoms with Crippen LogP contribution in [-0.2, 0) is 25.7 Å². The van der Waals surface area contributed by atoms with Gasteiger partial charge in [-0.05, 0) is 24.1 Å². The van der Waals surface area contributed by atoms with Crippen molar-refractivity contribution in [2.45, 2.75) is 43.8 Å². The number of nitrogens with zero attached hydrogens (tertiary/aromatic N) is 1. The summed E-state index contributed by atoms with van der Waals surface area (Å²) in [5.74, 6) is -0.416. The highest BCUT2D eigenvalue weighted by Gasteiger charge is 2.64. The van der Waals surface area contributed by atoms with Crippen LogP contribution >= 0.6 is 0 Å². The molecule has 1 aliphatic carbocycles. The lowest BCUT2D eigenvalue weighted by atomic mass is 9.69. The number of ether oxygens (including phenoxy) is 2. The Morgan fingerprint density at radius 1 is 1.18 bits per heavy atom. The van der Waals surface area contributed by atoms with Gasteiger partial charge in [-0.25, -0.2) is 9.86 Å². The highest BCUT2D eigenvalue weighted by Crippen LogP contribution is 2.44. The molecule has 1 aromatic carbocycles. The second-order valence-electron chi connectivity index (χ2n) is 6.66. The van der Waals surface area contributed by atoms with E-state index in [9.17, 15) is 24.9 Å². The Morgan fingerprint density at radius 2 is 1.89 bits per heavy atom. The van der Waals surface area contributed by atoms with Crippen LogP contribution in [0.2, 0.25) is 0 Å². The van der Waals surface area contributed by atoms with Crippen LogP contribution in [0.1, 0.15) is 18.9 Å². The number of hydroxylamine groups is 2. The summed E-state index contributed by atoms with van der Waals surface area (Å²) in [6.07, 6.45) is -4.15. The van der Waals surface area contributed by atoms with Crippen LogP contribution in [0.25, 0.3) is 0 Å². The van der Waals surface area contributed by atoms with Crippen molar-refractivity contribution in [3.63, 3.8) is 0 Å². The number of carbonyl (C=O) groups excluding carboxylic acids is 2. The van der Waals surface area contributed by atoms with Gasteiger partial charge in [-0.1, -0.05) is 30.3 Å². The van der Waals surface area contributed by atoms with E-state index in [0.29, 0.717) is 0 Å². The highest BCUT2D eigenvalue weighted by atomic mass is 16.7. The summed E-state index contributed by atoms with van der Waals surface area (Å²) in [4.78, 5) is 28.9. The lowest BCUT2D eigenvalue weighted by Gasteiger charge is -2.56. The fraction of sp³-hybridized carbons (Fsp3) is 0.474. The summed E-state index contributed by atoms with van der Waals surface area (Å²) in [5.41, 5.74) is -0.587. The number of carbonyl (C=O) groups is 2. The number of aliphatic hydroxyl groups excluding tert-OH is 3. The molecule has 0 aromatic heterocycles. The van der Waals surface area contributed by atoms with Crippen molar-refractivity contribution in [2.75, 3.05) is 13.2 Å². The van der Waals surface area contributed by atoms with Crippen molar-refractivity contribution in [2.24, 2.45) is 0 Å². The van der Waals surface area contributed by atoms with Crippen molar-refractivity contribution < 1.29 is 39.2 Å². The van der Waals surface area contributed by atoms with Gasteiger partial charge in [0.1, 0.15) is 37.1 Å². The first-order valence-corrected chi connectivity index (χ1v) is 8.94. The van der Waals surface area contributed by atoms with Crippen molar-refractivity contribution >= 4 is 12.1 Å². The molecule has 1 aromatic rings. The first kappa shape index (κ1) is 20.3. The molecule has 1 fully saturated rings. The summed E-state index contributed by atoms with van der Waals surface area (Å²) < 4.78 is 9.47. The standard InChI is InChI=1S/C19H23NO8/c1-2-26-18(25)27-11-13-8-14(21)19(17(24)16(13)23)9-15(22)20(19)28-10-12-6-4-3-5-7-12/h3-8,14,16-17,21,23-24H,2,9-11H2,1H3/t14-,16-,17-,19-/m1/s1. The predicted molar refractivity (Wildman–Crippen MR) is 94.5 cm³/mol. The minimum Gasteiger partial charge on any atom is -0.435 e. The zero-order chi connectivity index (χ0) is 20.3. The number of hydrogen-bond donors (Lipinski definition) is 3. The smallest absolute Gasteiger partial charge is 0.435 e. The molecule has 152 valence electrons. The van der Waals surface area contributed by atoms with Crippen LogP contribution in [0.5, 0.6) is 0 Å². The summed E-state index contributed by atoms with van der Waals surface area (Å²) >= 11 is 0. The summed E-state index contributed by atoms with van der Waals surface area (Å²) in [6, 6.07) is 9.10. The topological polar surface area (TPSA) is 126 Å². The van der Waals surface area contributed by atoms with Gasteiger partial charge < -0.3 is 24.8 Å². The summed E-state index contributed by atoms with van der Waals surface area (Å²) in [6.45, 7) is 1.45. The van der Waals surface area contributed by atoms with Gasteiger partial charge in [-0.2, -0.15) is 0 Å². The molecule has 0 radical (unpaired) electrons. The molecule has 3 rings (SSSR count). The Kier molecular flexibility index (Phi) is 5.99. The minimum atomic E-state index is -1.53. The fourth-order valence-electron chi connectivity index (χ4n) is 3.41. The zero-order valence-corrected chi connectivity index (χ0v) is 15.4. The van der Waals surface area contributed by atoms with Gasteiger partial charge in [0.2, 0.25) is 5.91 Å². The fourth-order valence-corrected chi connectivity index (χ4v) is 3.41. The molecular weight excluding hydrogens is 370 g/mol. The second kappa shape index (κ2) is 8.27. The van der Waals surface area contributed by atoms with Gasteiger partial charge in [0.25, 0.3) is 0 Å². The van der Waals surface area contributed by atoms with E-state index in [1.54, 1.807) is 6.92 Å². The predicted octanol–water partition coefficient (Wildman–Crippen LogP) is 0.285. The molecule has 4 atom stereocenters. The molecule has 1 saturated heterocycles. The third kappa shape index (κ3) is 3.61. The van der Waals surface area contributed by atoms with E-state index in [4.69, 9.17) is 9.57 Å². The molecule has 9 nitrogen and oxygen atoms in total. The maximum Gasteiger partial charge on any atom is 0.508 e. The highest BCUT2D eigenvalue weighted by molar-refractivity contribution is 5.85. The molecule has 0 bridgehead atoms. The maximum atomic E-state index is 12.1. The van der Waals surface area contributed by atoms with Gasteiger partial charge in [0.15, 0.2) is 0 Å². The maximum absolute atomic E-state index is 12.1. The minimum absolute atomic E-state index is 0.0619. The number of benzene rings is 1. The van der Waals surface area contributed by atoms with E-state index in [1.807, 2.05) is 30.3 Å². The summed E-state index contributed by atoms with van der Waals surface area (Å²) in [7, 11) is 0. The Morgan fingerprint density at radius 3 is 2.54 bits per heavy atom. The first-order valence-electron chi connectivity index (χ1n) is 8.94. The lowest BCUT2D eigenvalue weighted by molar-refractivity contribution is -0.305. The molecule has 1 aliphatic heterocycles. The number of rotatable bonds is 6. The van der Waals surface area contributed by atoms with Crippen molar-refractivity contribution in [1.82, 2.24) is 5.06 Å². The molecule has 0 unspecified atom stereocenters. The van der Waals surface area contributed by atoms with Crippen LogP contribution in [-0.4, -0.2) is 69.5 Å². The molecule has 1 heterocycles. The van der Waals surface area contributed by atoms with Gasteiger partial charge in [0.05, 0.1) is 13.0 Å². The van der Waals surface area contributed by atoms with Crippen LogP contribution < -0.4 is 0 Å². The molecule has 3 N–H and O–H groups in total. The van der Waals surface area contributed by atoms with Gasteiger partial charge >= 0.3 is 6.16 Å². The zero-order valence-electron chi connectivity index (χ0n) is 15.4. The Hall–Kier alpha value is -2.46. The largest absolute Gasteiger partial charge is 0.508 e. The van der Waals surface area contributed by atoms with Crippen molar-refractivity contribution in [1.29, 1.82) is 0 Å². The van der Waals surface area contributed by atoms with Crippen molar-refractivity contribution in [3.05, 3.63) is 47.5 Å². The van der Waals surface area contributed by atoms with E-state index < -0.39 is 35.9 Å². The van der Waals surface area contributed by atoms with Crippen LogP contribution in [0.3, 0.4) is 0 Å². The van der Waals surface area contributed by atoms with E-state index in [2.05, 4.69) is 4.74 Å². The molecule has 2 aliphatic rings. The Balaban J connectivity index is 1.72. The summed E-state index contributed by atoms with van der Waals surface area (Å²) in [5, 5.41) is 32.6. The van der Waals surface area contributed by atoms with E-state index in [1.165, 1.54) is 6.08 Å². The van der Waals surface area contributed by atoms with Gasteiger partial charge in [0, 0.05) is 0 Å². The van der Waals surface area contributed by atoms with E-state index in [-0.39, 0.29) is 31.8 Å². The molecule has 28 heavy (non-hydrogen) atoms. The second-order valence-corrected chi connectivity index (χ2v) is 6.66. The van der Waals surface area contributed by atoms with Crippen LogP contribution in [0.4, 0.5) is 4.79 Å². The molecular formula is C19H23NO8. The Bertz CT molecular complexity index is 752. The SMILES string of the molecule is CCOC(=O)OCC1=C[C@@H](O)[C@]2(CC(=O)N2OCc2ccccc2)[C@H](O)[C@@H]1O. The third-order valence-electron chi connectivity index (χ3n) is 4.94. The number of hydrogen-bond acceptors (Lipinski definition) is 8. The van der Waals surface area contributed by atoms with Gasteiger partial charge in [-0.3, -0.25) is 9.63 Å². The quantitative estimate of drug-likeness (QED) is 0.358. The van der Waals surface area contributed by atoms with E-state index >= 15 is 0 Å². The van der Waals surface area contributed by atoms with E-state index in [0.717, 1.165) is 10.6 Å².